The molecule has 0 aliphatic carbocycles. The van der Waals surface area contributed by atoms with Gasteiger partial charge in [-0.15, -0.1) is 0 Å². The third-order valence-electron chi connectivity index (χ3n) is 5.35. The first-order valence-corrected chi connectivity index (χ1v) is 10.6. The van der Waals surface area contributed by atoms with E-state index >= 15 is 0 Å². The van der Waals surface area contributed by atoms with Crippen LogP contribution in [-0.4, -0.2) is 22.3 Å². The van der Waals surface area contributed by atoms with Gasteiger partial charge in [0.2, 0.25) is 0 Å². The molecule has 32 heavy (non-hydrogen) atoms. The Morgan fingerprint density at radius 2 is 1.91 bits per heavy atom. The number of aromatic nitrogens is 2. The van der Waals surface area contributed by atoms with E-state index in [0.717, 1.165) is 17.8 Å². The highest BCUT2D eigenvalue weighted by molar-refractivity contribution is 6.12. The van der Waals surface area contributed by atoms with Gasteiger partial charge in [0.25, 0.3) is 5.91 Å². The van der Waals surface area contributed by atoms with Crippen LogP contribution in [0.15, 0.2) is 63.8 Å². The molecule has 1 amide bonds. The first kappa shape index (κ1) is 21.4. The van der Waals surface area contributed by atoms with Crippen molar-refractivity contribution in [2.45, 2.75) is 33.7 Å². The molecule has 4 rings (SSSR count). The molecule has 0 spiro atoms. The molecule has 0 aliphatic heterocycles. The number of amides is 1. The smallest absolute Gasteiger partial charge is 0.337 e. The van der Waals surface area contributed by atoms with E-state index in [1.165, 1.54) is 11.6 Å². The van der Waals surface area contributed by atoms with Crippen molar-refractivity contribution >= 4 is 22.6 Å². The third-order valence-corrected chi connectivity index (χ3v) is 5.35. The van der Waals surface area contributed by atoms with Gasteiger partial charge in [-0.2, -0.15) is 5.10 Å². The van der Waals surface area contributed by atoms with Crippen molar-refractivity contribution in [1.82, 2.24) is 9.78 Å². The first-order chi connectivity index (χ1) is 15.5. The van der Waals surface area contributed by atoms with Crippen LogP contribution in [0.5, 0.6) is 5.75 Å². The van der Waals surface area contributed by atoms with Gasteiger partial charge in [0.1, 0.15) is 11.3 Å². The van der Waals surface area contributed by atoms with E-state index in [0.29, 0.717) is 35.6 Å². The standard InChI is InChI=1S/C25H25N3O4/c1-4-31-19-10-11-20-21(15-23(29)32-22(20)14-19)25(30)26-24-16(2)27-28(17(24)3)13-12-18-8-6-5-7-9-18/h5-11,14-15H,4,12-13H2,1-3H3,(H,26,30). The Balaban J connectivity index is 1.59. The van der Waals surface area contributed by atoms with E-state index in [4.69, 9.17) is 9.15 Å². The van der Waals surface area contributed by atoms with Crippen molar-refractivity contribution in [2.24, 2.45) is 0 Å². The largest absolute Gasteiger partial charge is 0.494 e. The molecule has 0 saturated carbocycles. The zero-order valence-corrected chi connectivity index (χ0v) is 18.3. The predicted molar refractivity (Wildman–Crippen MR) is 123 cm³/mol. The minimum absolute atomic E-state index is 0.245. The van der Waals surface area contributed by atoms with E-state index < -0.39 is 5.63 Å². The van der Waals surface area contributed by atoms with Crippen LogP contribution in [-0.2, 0) is 13.0 Å². The number of nitrogens with one attached hydrogen (secondary N) is 1. The molecule has 0 fully saturated rings. The fourth-order valence-electron chi connectivity index (χ4n) is 3.74. The van der Waals surface area contributed by atoms with Crippen molar-refractivity contribution in [3.8, 4) is 5.75 Å². The molecule has 0 atom stereocenters. The number of hydrogen-bond acceptors (Lipinski definition) is 5. The quantitative estimate of drug-likeness (QED) is 0.436. The number of anilines is 1. The fraction of sp³-hybridized carbons (Fsp3) is 0.240. The minimum Gasteiger partial charge on any atom is -0.494 e. The molecule has 7 heteroatoms. The number of rotatable bonds is 7. The molecule has 164 valence electrons. The van der Waals surface area contributed by atoms with E-state index in [-0.39, 0.29) is 11.5 Å². The summed E-state index contributed by atoms with van der Waals surface area (Å²) >= 11 is 0. The second-order valence-electron chi connectivity index (χ2n) is 7.53. The molecule has 7 nitrogen and oxygen atoms in total. The molecule has 2 aromatic heterocycles. The molecular weight excluding hydrogens is 406 g/mol. The zero-order chi connectivity index (χ0) is 22.7. The first-order valence-electron chi connectivity index (χ1n) is 10.6. The summed E-state index contributed by atoms with van der Waals surface area (Å²) in [5, 5.41) is 8.07. The van der Waals surface area contributed by atoms with Gasteiger partial charge in [0, 0.05) is 24.1 Å². The van der Waals surface area contributed by atoms with E-state index in [9.17, 15) is 9.59 Å². The lowest BCUT2D eigenvalue weighted by Crippen LogP contribution is -2.16. The highest BCUT2D eigenvalue weighted by atomic mass is 16.5. The van der Waals surface area contributed by atoms with Crippen LogP contribution in [0.4, 0.5) is 5.69 Å². The predicted octanol–water partition coefficient (Wildman–Crippen LogP) is 4.50. The van der Waals surface area contributed by atoms with Crippen molar-refractivity contribution in [3.63, 3.8) is 0 Å². The van der Waals surface area contributed by atoms with Crippen LogP contribution in [0.25, 0.3) is 11.0 Å². The Morgan fingerprint density at radius 1 is 1.12 bits per heavy atom. The van der Waals surface area contributed by atoms with Gasteiger partial charge in [-0.05, 0) is 44.9 Å². The third kappa shape index (κ3) is 4.42. The topological polar surface area (TPSA) is 86.4 Å². The molecule has 0 bridgehead atoms. The summed E-state index contributed by atoms with van der Waals surface area (Å²) < 4.78 is 12.6. The lowest BCUT2D eigenvalue weighted by molar-refractivity contribution is 0.102. The fourth-order valence-corrected chi connectivity index (χ4v) is 3.74. The van der Waals surface area contributed by atoms with Crippen molar-refractivity contribution in [3.05, 3.63) is 87.5 Å². The average molecular weight is 431 g/mol. The average Bonchev–Trinajstić information content (AvgIpc) is 3.05. The Kier molecular flexibility index (Phi) is 6.07. The summed E-state index contributed by atoms with van der Waals surface area (Å²) in [6.07, 6.45) is 0.836. The molecule has 0 radical (unpaired) electrons. The van der Waals surface area contributed by atoms with Crippen molar-refractivity contribution < 1.29 is 13.9 Å². The van der Waals surface area contributed by atoms with Gasteiger partial charge in [0.15, 0.2) is 0 Å². The van der Waals surface area contributed by atoms with Crippen LogP contribution in [0.3, 0.4) is 0 Å². The molecule has 0 saturated heterocycles. The van der Waals surface area contributed by atoms with Crippen molar-refractivity contribution in [1.29, 1.82) is 0 Å². The Hall–Kier alpha value is -3.87. The number of ether oxygens (including phenoxy) is 1. The summed E-state index contributed by atoms with van der Waals surface area (Å²) in [6.45, 7) is 6.84. The van der Waals surface area contributed by atoms with Crippen LogP contribution >= 0.6 is 0 Å². The van der Waals surface area contributed by atoms with Gasteiger partial charge in [-0.3, -0.25) is 9.48 Å². The lowest BCUT2D eigenvalue weighted by Gasteiger charge is -2.10. The van der Waals surface area contributed by atoms with Gasteiger partial charge in [0.05, 0.1) is 29.2 Å². The van der Waals surface area contributed by atoms with Crippen LogP contribution in [0.1, 0.15) is 34.2 Å². The Morgan fingerprint density at radius 3 is 2.66 bits per heavy atom. The zero-order valence-electron chi connectivity index (χ0n) is 18.3. The summed E-state index contributed by atoms with van der Waals surface area (Å²) in [4.78, 5) is 25.2. The summed E-state index contributed by atoms with van der Waals surface area (Å²) in [5.41, 5.74) is 3.40. The number of benzene rings is 2. The van der Waals surface area contributed by atoms with E-state index in [1.807, 2.05) is 43.7 Å². The maximum atomic E-state index is 13.1. The van der Waals surface area contributed by atoms with Crippen LogP contribution < -0.4 is 15.7 Å². The molecular formula is C25H25N3O4. The summed E-state index contributed by atoms with van der Waals surface area (Å²) in [5.74, 6) is 0.188. The molecule has 2 heterocycles. The van der Waals surface area contributed by atoms with Crippen molar-refractivity contribution in [2.75, 3.05) is 11.9 Å². The monoisotopic (exact) mass is 431 g/mol. The number of hydrogen-bond donors (Lipinski definition) is 1. The van der Waals surface area contributed by atoms with Crippen LogP contribution in [0, 0.1) is 13.8 Å². The summed E-state index contributed by atoms with van der Waals surface area (Å²) in [7, 11) is 0. The lowest BCUT2D eigenvalue weighted by atomic mass is 10.1. The number of carbonyl (C=O) groups is 1. The molecule has 1 N–H and O–H groups in total. The van der Waals surface area contributed by atoms with Crippen LogP contribution in [0.2, 0.25) is 0 Å². The maximum Gasteiger partial charge on any atom is 0.337 e. The van der Waals surface area contributed by atoms with Gasteiger partial charge in [-0.25, -0.2) is 4.79 Å². The van der Waals surface area contributed by atoms with E-state index in [2.05, 4.69) is 22.5 Å². The van der Waals surface area contributed by atoms with Gasteiger partial charge >= 0.3 is 5.63 Å². The maximum absolute atomic E-state index is 13.1. The molecule has 4 aromatic rings. The molecule has 2 aromatic carbocycles. The Bertz CT molecular complexity index is 1320. The Labute approximate surface area is 185 Å². The second-order valence-corrected chi connectivity index (χ2v) is 7.53. The van der Waals surface area contributed by atoms with Gasteiger partial charge in [-0.1, -0.05) is 30.3 Å². The highest BCUT2D eigenvalue weighted by Crippen LogP contribution is 2.25. The normalized spacial score (nSPS) is 11.0. The number of carbonyl (C=O) groups excluding carboxylic acids is 1. The number of fused-ring (bicyclic) bond motifs is 1. The number of aryl methyl sites for hydroxylation is 3. The molecule has 0 unspecified atom stereocenters. The van der Waals surface area contributed by atoms with Gasteiger partial charge < -0.3 is 14.5 Å². The minimum atomic E-state index is -0.594. The molecule has 0 aliphatic rings. The van der Waals surface area contributed by atoms with E-state index in [1.54, 1.807) is 18.2 Å². The highest BCUT2D eigenvalue weighted by Gasteiger charge is 2.18. The second kappa shape index (κ2) is 9.09. The summed E-state index contributed by atoms with van der Waals surface area (Å²) in [6, 6.07) is 16.5. The SMILES string of the molecule is CCOc1ccc2c(C(=O)Nc3c(C)nn(CCc4ccccc4)c3C)cc(=O)oc2c1. The number of nitrogens with zero attached hydrogens (tertiary/aromatic N) is 2.